The minimum Gasteiger partial charge on any atom is -0.469 e. The number of phosphoric ester groups is 1. The van der Waals surface area contributed by atoms with E-state index in [1.54, 1.807) is 44.2 Å². The summed E-state index contributed by atoms with van der Waals surface area (Å²) in [6.07, 6.45) is -1.02. The van der Waals surface area contributed by atoms with E-state index >= 15 is 0 Å². The highest BCUT2D eigenvalue weighted by atomic mass is 31.2. The number of hydrogen-bond donors (Lipinski definition) is 1. The van der Waals surface area contributed by atoms with Gasteiger partial charge < -0.3 is 14.6 Å². The summed E-state index contributed by atoms with van der Waals surface area (Å²) >= 11 is 0. The zero-order valence-electron chi connectivity index (χ0n) is 14.4. The normalized spacial score (nSPS) is 25.0. The average Bonchev–Trinajstić information content (AvgIpc) is 2.58. The molecule has 9 heteroatoms. The van der Waals surface area contributed by atoms with Crippen molar-refractivity contribution in [1.82, 2.24) is 5.32 Å². The Bertz CT molecular complexity index is 662. The quantitative estimate of drug-likeness (QED) is 0.353. The van der Waals surface area contributed by atoms with Crippen LogP contribution in [0.1, 0.15) is 20.3 Å². The summed E-state index contributed by atoms with van der Waals surface area (Å²) in [5.74, 6) is -0.616. The Balaban J connectivity index is 2.03. The molecule has 1 unspecified atom stereocenters. The van der Waals surface area contributed by atoms with Gasteiger partial charge in [-0.3, -0.25) is 18.6 Å². The Kier molecular flexibility index (Phi) is 6.21. The van der Waals surface area contributed by atoms with Gasteiger partial charge in [0.1, 0.15) is 5.75 Å². The summed E-state index contributed by atoms with van der Waals surface area (Å²) in [6.45, 7) is 3.62. The van der Waals surface area contributed by atoms with Crippen LogP contribution in [-0.2, 0) is 27.9 Å². The number of carbonyl (C=O) groups is 2. The number of nitrogens with one attached hydrogen (secondary N) is 1. The molecule has 1 heterocycles. The van der Waals surface area contributed by atoms with Crippen molar-refractivity contribution in [2.45, 2.75) is 26.4 Å². The molecule has 0 bridgehead atoms. The van der Waals surface area contributed by atoms with Crippen molar-refractivity contribution < 1.29 is 32.5 Å². The van der Waals surface area contributed by atoms with Gasteiger partial charge in [-0.25, -0.2) is 4.57 Å². The molecule has 0 radical (unpaired) electrons. The second-order valence-corrected chi connectivity index (χ2v) is 7.76. The SMILES string of the molecule is CO[13C](=O)[13CH2]C[15NH]C(=O)[C@@H]1OP(=O)(Oc2ccccc2)OCC1(C)C. The van der Waals surface area contributed by atoms with Crippen LogP contribution in [0.3, 0.4) is 0 Å². The van der Waals surface area contributed by atoms with Crippen molar-refractivity contribution >= 4 is 19.7 Å². The fourth-order valence-corrected chi connectivity index (χ4v) is 3.83. The van der Waals surface area contributed by atoms with Crippen LogP contribution in [0.15, 0.2) is 30.3 Å². The zero-order chi connectivity index (χ0) is 18.5. The average molecular weight is 374 g/mol. The number of carbonyl (C=O) groups excluding carboxylic acids is 2. The number of amides is 1. The molecule has 0 saturated carbocycles. The smallest absolute Gasteiger partial charge is 0.469 e. The first-order valence-electron chi connectivity index (χ1n) is 7.78. The van der Waals surface area contributed by atoms with E-state index in [4.69, 9.17) is 13.6 Å². The first-order chi connectivity index (χ1) is 11.8. The van der Waals surface area contributed by atoms with Crippen LogP contribution >= 0.6 is 7.82 Å². The fourth-order valence-electron chi connectivity index (χ4n) is 2.17. The third-order valence-electron chi connectivity index (χ3n) is 3.59. The molecule has 1 fully saturated rings. The van der Waals surface area contributed by atoms with Gasteiger partial charge >= 0.3 is 13.8 Å². The number of phosphoric acid groups is 1. The van der Waals surface area contributed by atoms with Gasteiger partial charge in [-0.15, -0.1) is 0 Å². The van der Waals surface area contributed by atoms with Crippen LogP contribution in [0, 0.1) is 5.41 Å². The van der Waals surface area contributed by atoms with E-state index < -0.39 is 31.2 Å². The number of esters is 1. The number of para-hydroxylation sites is 1. The third-order valence-corrected chi connectivity index (χ3v) is 4.94. The molecule has 2 atom stereocenters. The summed E-state index contributed by atoms with van der Waals surface area (Å²) in [5.41, 5.74) is -0.719. The molecule has 1 aromatic carbocycles. The van der Waals surface area contributed by atoms with Crippen LogP contribution in [0.2, 0.25) is 0 Å². The lowest BCUT2D eigenvalue weighted by atomic mass is 9.87. The van der Waals surface area contributed by atoms with Gasteiger partial charge in [0, 0.05) is 12.0 Å². The molecule has 0 aliphatic carbocycles. The Morgan fingerprint density at radius 3 is 2.64 bits per heavy atom. The van der Waals surface area contributed by atoms with Gasteiger partial charge in [0.15, 0.2) is 6.10 Å². The van der Waals surface area contributed by atoms with Crippen molar-refractivity contribution in [1.29, 1.82) is 0 Å². The maximum Gasteiger partial charge on any atom is 0.530 e. The Morgan fingerprint density at radius 2 is 2.00 bits per heavy atom. The zero-order valence-corrected chi connectivity index (χ0v) is 15.3. The molecule has 1 aliphatic heterocycles. The minimum atomic E-state index is -3.93. The van der Waals surface area contributed by atoms with Gasteiger partial charge in [-0.05, 0) is 12.1 Å². The van der Waals surface area contributed by atoms with Crippen LogP contribution in [0.25, 0.3) is 0 Å². The molecule has 8 nitrogen and oxygen atoms in total. The first kappa shape index (κ1) is 19.4. The van der Waals surface area contributed by atoms with E-state index in [0.717, 1.165) is 0 Å². The maximum absolute atomic E-state index is 12.7. The second kappa shape index (κ2) is 7.99. The lowest BCUT2D eigenvalue weighted by Gasteiger charge is -2.39. The van der Waals surface area contributed by atoms with Crippen LogP contribution < -0.4 is 9.84 Å². The summed E-state index contributed by atoms with van der Waals surface area (Å²) in [6, 6.07) is 8.43. The highest BCUT2D eigenvalue weighted by Gasteiger charge is 2.49. The van der Waals surface area contributed by atoms with Crippen molar-refractivity contribution in [2.24, 2.45) is 5.41 Å². The van der Waals surface area contributed by atoms with E-state index in [-0.39, 0.29) is 19.6 Å². The molecule has 1 aliphatic rings. The molecule has 0 aromatic heterocycles. The van der Waals surface area contributed by atoms with Gasteiger partial charge in [0.2, 0.25) is 0 Å². The van der Waals surface area contributed by atoms with E-state index in [2.05, 4.69) is 10.1 Å². The molecule has 138 valence electrons. The first-order valence-corrected chi connectivity index (χ1v) is 9.24. The molecular formula is C16H22NO7P. The molecule has 1 aromatic rings. The molecule has 1 N–H and O–H groups in total. The summed E-state index contributed by atoms with van der Waals surface area (Å²) < 4.78 is 33.3. The predicted molar refractivity (Wildman–Crippen MR) is 88.9 cm³/mol. The molecule has 1 amide bonds. The standard InChI is InChI=1S/C16H22NO7P/c1-16(2)11-22-25(20,23-12-7-5-4-6-8-12)24-14(16)15(19)17-10-9-13(18)21-3/h4-8,14H,9-11H2,1-3H3,(H,17,19)/t14-,25?/m0/s1/i9+1,13+1,17+1. The molecule has 2 rings (SSSR count). The topological polar surface area (TPSA) is 100 Å². The summed E-state index contributed by atoms with van der Waals surface area (Å²) in [5, 5.41) is 2.58. The van der Waals surface area contributed by atoms with Gasteiger partial charge in [0.25, 0.3) is 5.91 Å². The Hall–Kier alpha value is -1.89. The summed E-state index contributed by atoms with van der Waals surface area (Å²) in [7, 11) is -2.66. The lowest BCUT2D eigenvalue weighted by molar-refractivity contribution is -0.142. The van der Waals surface area contributed by atoms with E-state index in [1.165, 1.54) is 7.11 Å². The molecule has 0 spiro atoms. The number of rotatable bonds is 6. The minimum absolute atomic E-state index is 0.0200. The van der Waals surface area contributed by atoms with Gasteiger partial charge in [0.05, 0.1) is 20.1 Å². The Morgan fingerprint density at radius 1 is 1.32 bits per heavy atom. The van der Waals surface area contributed by atoms with Crippen molar-refractivity contribution in [2.75, 3.05) is 20.3 Å². The third kappa shape index (κ3) is 5.29. The molecule has 25 heavy (non-hydrogen) atoms. The van der Waals surface area contributed by atoms with Crippen LogP contribution in [0.4, 0.5) is 0 Å². The number of ether oxygens (including phenoxy) is 1. The largest absolute Gasteiger partial charge is 0.530 e. The van der Waals surface area contributed by atoms with E-state index in [9.17, 15) is 14.2 Å². The van der Waals surface area contributed by atoms with Crippen molar-refractivity contribution in [3.05, 3.63) is 30.3 Å². The van der Waals surface area contributed by atoms with Crippen molar-refractivity contribution in [3.63, 3.8) is 0 Å². The highest BCUT2D eigenvalue weighted by Crippen LogP contribution is 2.56. The predicted octanol–water partition coefficient (Wildman–Crippen LogP) is 2.29. The monoisotopic (exact) mass is 374 g/mol. The molecule has 1 saturated heterocycles. The van der Waals surface area contributed by atoms with E-state index in [1.807, 2.05) is 0 Å². The second-order valence-electron chi connectivity index (χ2n) is 6.22. The lowest BCUT2D eigenvalue weighted by Crippen LogP contribution is -2.50. The molecular weight excluding hydrogens is 352 g/mol. The number of benzene rings is 1. The highest BCUT2D eigenvalue weighted by molar-refractivity contribution is 7.49. The fraction of sp³-hybridized carbons (Fsp3) is 0.500. The van der Waals surface area contributed by atoms with Gasteiger partial charge in [-0.2, -0.15) is 0 Å². The number of hydrogen-bond acceptors (Lipinski definition) is 7. The summed E-state index contributed by atoms with van der Waals surface area (Å²) in [4.78, 5) is 23.5. The van der Waals surface area contributed by atoms with Crippen LogP contribution in [-0.4, -0.2) is 38.2 Å². The van der Waals surface area contributed by atoms with Crippen LogP contribution in [0.5, 0.6) is 5.75 Å². The van der Waals surface area contributed by atoms with E-state index in [0.29, 0.717) is 5.75 Å². The van der Waals surface area contributed by atoms with Gasteiger partial charge in [-0.1, -0.05) is 32.0 Å². The number of methoxy groups -OCH3 is 1. The van der Waals surface area contributed by atoms with Crippen molar-refractivity contribution in [3.8, 4) is 5.75 Å². The Labute approximate surface area is 146 Å². The maximum atomic E-state index is 12.7.